The van der Waals surface area contributed by atoms with Gasteiger partial charge in [0.25, 0.3) is 0 Å². The number of hydrogen-bond donors (Lipinski definition) is 2. The summed E-state index contributed by atoms with van der Waals surface area (Å²) in [5.41, 5.74) is 0. The van der Waals surface area contributed by atoms with Crippen molar-refractivity contribution in [1.82, 2.24) is 5.32 Å². The van der Waals surface area contributed by atoms with Crippen LogP contribution >= 0.6 is 0 Å². The number of hydrogen-bond acceptors (Lipinski definition) is 2. The Hall–Kier alpha value is -0.600. The number of aliphatic hydroxyl groups is 1. The van der Waals surface area contributed by atoms with E-state index < -0.39 is 0 Å². The monoisotopic (exact) mass is 125 g/mol. The van der Waals surface area contributed by atoms with Gasteiger partial charge in [-0.3, -0.25) is 5.32 Å². The van der Waals surface area contributed by atoms with E-state index in [1.807, 2.05) is 18.2 Å². The zero-order valence-corrected chi connectivity index (χ0v) is 5.25. The van der Waals surface area contributed by atoms with Crippen molar-refractivity contribution in [2.45, 2.75) is 12.5 Å². The van der Waals surface area contributed by atoms with Gasteiger partial charge in [-0.05, 0) is 6.42 Å². The second-order valence-corrected chi connectivity index (χ2v) is 2.02. The third kappa shape index (κ3) is 2.00. The van der Waals surface area contributed by atoms with Crippen LogP contribution in [0.2, 0.25) is 0 Å². The Kier molecular flexibility index (Phi) is 2.48. The summed E-state index contributed by atoms with van der Waals surface area (Å²) in [6.45, 7) is 0.0584. The van der Waals surface area contributed by atoms with Crippen molar-refractivity contribution in [3.8, 4) is 0 Å². The molecule has 2 N–H and O–H groups in total. The maximum atomic E-state index is 8.45. The van der Waals surface area contributed by atoms with Gasteiger partial charge in [0, 0.05) is 6.04 Å². The molecule has 9 heavy (non-hydrogen) atoms. The quantitative estimate of drug-likeness (QED) is 0.524. The number of aliphatic hydroxyl groups excluding tert-OH is 1. The minimum absolute atomic E-state index is 0.0584. The molecule has 0 aromatic carbocycles. The normalized spacial score (nSPS) is 24.8. The summed E-state index contributed by atoms with van der Waals surface area (Å²) in [6, 6.07) is 0.333. The van der Waals surface area contributed by atoms with Crippen molar-refractivity contribution in [3.05, 3.63) is 24.3 Å². The first-order valence-corrected chi connectivity index (χ1v) is 3.11. The van der Waals surface area contributed by atoms with E-state index in [1.165, 1.54) is 0 Å². The summed E-state index contributed by atoms with van der Waals surface area (Å²) < 4.78 is 0. The number of rotatable bonds is 2. The highest BCUT2D eigenvalue weighted by Crippen LogP contribution is 2.01. The molecule has 50 valence electrons. The van der Waals surface area contributed by atoms with Crippen LogP contribution in [-0.2, 0) is 0 Å². The largest absolute Gasteiger partial charge is 0.381 e. The van der Waals surface area contributed by atoms with Crippen LogP contribution in [0.4, 0.5) is 0 Å². The molecule has 0 aliphatic heterocycles. The fourth-order valence-electron chi connectivity index (χ4n) is 0.849. The zero-order chi connectivity index (χ0) is 6.53. The van der Waals surface area contributed by atoms with E-state index >= 15 is 0 Å². The van der Waals surface area contributed by atoms with Crippen LogP contribution < -0.4 is 5.32 Å². The molecule has 0 saturated carbocycles. The highest BCUT2D eigenvalue weighted by Gasteiger charge is 2.00. The Bertz CT molecular complexity index is 129. The fraction of sp³-hybridized carbons (Fsp3) is 0.429. The molecule has 0 radical (unpaired) electrons. The van der Waals surface area contributed by atoms with Crippen LogP contribution in [0.25, 0.3) is 0 Å². The lowest BCUT2D eigenvalue weighted by Gasteiger charge is -2.11. The third-order valence-electron chi connectivity index (χ3n) is 1.33. The van der Waals surface area contributed by atoms with Crippen molar-refractivity contribution in [3.63, 3.8) is 0 Å². The van der Waals surface area contributed by atoms with Gasteiger partial charge in [-0.25, -0.2) is 0 Å². The minimum Gasteiger partial charge on any atom is -0.381 e. The highest BCUT2D eigenvalue weighted by molar-refractivity contribution is 5.13. The van der Waals surface area contributed by atoms with Crippen LogP contribution in [0.3, 0.4) is 0 Å². The first-order chi connectivity index (χ1) is 4.43. The lowest BCUT2D eigenvalue weighted by Crippen LogP contribution is -2.27. The summed E-state index contributed by atoms with van der Waals surface area (Å²) in [4.78, 5) is 0. The topological polar surface area (TPSA) is 32.3 Å². The molecular formula is C7H11NO. The molecule has 0 saturated heterocycles. The summed E-state index contributed by atoms with van der Waals surface area (Å²) in [6.07, 6.45) is 9.09. The second-order valence-electron chi connectivity index (χ2n) is 2.02. The van der Waals surface area contributed by atoms with Crippen molar-refractivity contribution in [1.29, 1.82) is 0 Å². The molecule has 0 aromatic heterocycles. The molecule has 2 heteroatoms. The van der Waals surface area contributed by atoms with Gasteiger partial charge in [0.15, 0.2) is 0 Å². The minimum atomic E-state index is 0.0584. The lowest BCUT2D eigenvalue weighted by molar-refractivity contribution is 0.250. The molecule has 1 atom stereocenters. The van der Waals surface area contributed by atoms with Crippen LogP contribution in [0.5, 0.6) is 0 Å². The maximum Gasteiger partial charge on any atom is 0.0936 e. The number of nitrogens with one attached hydrogen (secondary N) is 1. The van der Waals surface area contributed by atoms with Crippen LogP contribution in [0, 0.1) is 0 Å². The summed E-state index contributed by atoms with van der Waals surface area (Å²) >= 11 is 0. The molecule has 1 aliphatic carbocycles. The standard InChI is InChI=1S/C7H11NO/c9-6-8-7-4-2-1-3-5-7/h1-4,7-9H,5-6H2. The molecule has 0 aromatic rings. The summed E-state index contributed by atoms with van der Waals surface area (Å²) in [5.74, 6) is 0. The Labute approximate surface area is 54.9 Å². The average Bonchev–Trinajstić information content (AvgIpc) is 1.91. The van der Waals surface area contributed by atoms with E-state index in [0.29, 0.717) is 6.04 Å². The predicted octanol–water partition coefficient (Wildman–Crippen LogP) is 0.411. The second kappa shape index (κ2) is 3.43. The van der Waals surface area contributed by atoms with E-state index in [1.54, 1.807) is 0 Å². The van der Waals surface area contributed by atoms with Gasteiger partial charge < -0.3 is 5.11 Å². The highest BCUT2D eigenvalue weighted by atomic mass is 16.3. The summed E-state index contributed by atoms with van der Waals surface area (Å²) in [7, 11) is 0. The van der Waals surface area contributed by atoms with Crippen molar-refractivity contribution in [2.75, 3.05) is 6.73 Å². The molecule has 2 nitrogen and oxygen atoms in total. The van der Waals surface area contributed by atoms with Gasteiger partial charge in [-0.1, -0.05) is 24.3 Å². The molecule has 0 amide bonds. The van der Waals surface area contributed by atoms with Crippen molar-refractivity contribution < 1.29 is 5.11 Å². The molecule has 1 rings (SSSR count). The molecule has 1 unspecified atom stereocenters. The SMILES string of the molecule is OCNC1C=CC=CC1. The Balaban J connectivity index is 2.28. The fourth-order valence-corrected chi connectivity index (χ4v) is 0.849. The van der Waals surface area contributed by atoms with Gasteiger partial charge in [0.1, 0.15) is 0 Å². The molecule has 1 aliphatic rings. The van der Waals surface area contributed by atoms with Gasteiger partial charge >= 0.3 is 0 Å². The van der Waals surface area contributed by atoms with Crippen LogP contribution in [-0.4, -0.2) is 17.9 Å². The van der Waals surface area contributed by atoms with E-state index in [-0.39, 0.29) is 6.73 Å². The molecule has 0 heterocycles. The average molecular weight is 125 g/mol. The first kappa shape index (κ1) is 6.52. The van der Waals surface area contributed by atoms with Crippen molar-refractivity contribution in [2.24, 2.45) is 0 Å². The van der Waals surface area contributed by atoms with Gasteiger partial charge in [0.2, 0.25) is 0 Å². The summed E-state index contributed by atoms with van der Waals surface area (Å²) in [5, 5.41) is 11.4. The zero-order valence-electron chi connectivity index (χ0n) is 5.25. The molecule has 0 spiro atoms. The number of allylic oxidation sites excluding steroid dienone is 2. The molecular weight excluding hydrogens is 114 g/mol. The smallest absolute Gasteiger partial charge is 0.0936 e. The first-order valence-electron chi connectivity index (χ1n) is 3.11. The Morgan fingerprint density at radius 3 is 3.00 bits per heavy atom. The van der Waals surface area contributed by atoms with Crippen LogP contribution in [0.15, 0.2) is 24.3 Å². The lowest BCUT2D eigenvalue weighted by atomic mass is 10.1. The molecule has 0 fully saturated rings. The van der Waals surface area contributed by atoms with E-state index in [4.69, 9.17) is 5.11 Å². The maximum absolute atomic E-state index is 8.45. The Morgan fingerprint density at radius 1 is 1.56 bits per heavy atom. The van der Waals surface area contributed by atoms with Gasteiger partial charge in [-0.2, -0.15) is 0 Å². The third-order valence-corrected chi connectivity index (χ3v) is 1.33. The van der Waals surface area contributed by atoms with E-state index in [2.05, 4.69) is 11.4 Å². The van der Waals surface area contributed by atoms with Gasteiger partial charge in [0.05, 0.1) is 6.73 Å². The van der Waals surface area contributed by atoms with E-state index in [0.717, 1.165) is 6.42 Å². The Morgan fingerprint density at radius 2 is 2.44 bits per heavy atom. The van der Waals surface area contributed by atoms with Gasteiger partial charge in [-0.15, -0.1) is 0 Å². The van der Waals surface area contributed by atoms with E-state index in [9.17, 15) is 0 Å². The van der Waals surface area contributed by atoms with Crippen LogP contribution in [0.1, 0.15) is 6.42 Å². The molecule has 0 bridgehead atoms. The van der Waals surface area contributed by atoms with Crippen molar-refractivity contribution >= 4 is 0 Å². The predicted molar refractivity (Wildman–Crippen MR) is 36.9 cm³/mol.